The molecule has 7 heteroatoms. The number of rotatable bonds is 4. The molecule has 1 aromatic rings. The molecule has 5 nitrogen and oxygen atoms in total. The number of carbonyl (C=O) groups is 1. The van der Waals surface area contributed by atoms with Gasteiger partial charge in [-0.05, 0) is 12.8 Å². The maximum Gasteiger partial charge on any atom is 0.224 e. The summed E-state index contributed by atoms with van der Waals surface area (Å²) in [6, 6.07) is 0. The predicted molar refractivity (Wildman–Crippen MR) is 70.1 cm³/mol. The fourth-order valence-corrected chi connectivity index (χ4v) is 4.46. The van der Waals surface area contributed by atoms with Gasteiger partial charge in [0, 0.05) is 5.38 Å². The average molecular weight is 288 g/mol. The van der Waals surface area contributed by atoms with Crippen LogP contribution >= 0.6 is 11.3 Å². The highest BCUT2D eigenvalue weighted by atomic mass is 32.2. The zero-order valence-corrected chi connectivity index (χ0v) is 11.8. The minimum absolute atomic E-state index is 0.0170. The lowest BCUT2D eigenvalue weighted by Gasteiger charge is -2.07. The Labute approximate surface area is 111 Å². The van der Waals surface area contributed by atoms with Crippen molar-refractivity contribution in [1.29, 1.82) is 0 Å². The molecule has 0 aliphatic carbocycles. The van der Waals surface area contributed by atoms with Gasteiger partial charge in [-0.2, -0.15) is 0 Å². The number of aromatic nitrogens is 1. The zero-order valence-electron chi connectivity index (χ0n) is 10.2. The van der Waals surface area contributed by atoms with Gasteiger partial charge in [-0.25, -0.2) is 13.4 Å². The normalized spacial score (nSPS) is 21.9. The van der Waals surface area contributed by atoms with E-state index in [-0.39, 0.29) is 23.3 Å². The van der Waals surface area contributed by atoms with Crippen molar-refractivity contribution in [3.05, 3.63) is 16.1 Å². The number of carbonyl (C=O) groups excluding carboxylic acids is 1. The average Bonchev–Trinajstić information content (AvgIpc) is 2.92. The van der Waals surface area contributed by atoms with Gasteiger partial charge in [-0.3, -0.25) is 4.79 Å². The highest BCUT2D eigenvalue weighted by Crippen LogP contribution is 2.18. The summed E-state index contributed by atoms with van der Waals surface area (Å²) in [5, 5.41) is 5.60. The molecule has 1 aliphatic heterocycles. The molecule has 18 heavy (non-hydrogen) atoms. The van der Waals surface area contributed by atoms with Crippen LogP contribution in [0.3, 0.4) is 0 Å². The molecule has 0 unspecified atom stereocenters. The van der Waals surface area contributed by atoms with Crippen LogP contribution < -0.4 is 5.32 Å². The van der Waals surface area contributed by atoms with Gasteiger partial charge in [0.1, 0.15) is 5.01 Å². The van der Waals surface area contributed by atoms with Crippen LogP contribution in [0.1, 0.15) is 24.0 Å². The molecule has 0 spiro atoms. The van der Waals surface area contributed by atoms with Crippen molar-refractivity contribution >= 4 is 27.1 Å². The first-order chi connectivity index (χ1) is 8.50. The first-order valence-corrected chi connectivity index (χ1v) is 8.61. The van der Waals surface area contributed by atoms with Crippen LogP contribution in [-0.2, 0) is 27.6 Å². The minimum Gasteiger partial charge on any atom is -0.349 e. The molecular formula is C11H16N2O3S2. The third-order valence-electron chi connectivity index (χ3n) is 2.98. The zero-order chi connectivity index (χ0) is 13.2. The Morgan fingerprint density at radius 2 is 2.39 bits per heavy atom. The van der Waals surface area contributed by atoms with Crippen molar-refractivity contribution in [2.75, 3.05) is 11.5 Å². The lowest BCUT2D eigenvalue weighted by atomic mass is 10.1. The highest BCUT2D eigenvalue weighted by molar-refractivity contribution is 7.91. The summed E-state index contributed by atoms with van der Waals surface area (Å²) in [6.45, 7) is 2.42. The summed E-state index contributed by atoms with van der Waals surface area (Å²) in [5.41, 5.74) is 1.02. The number of thiazole rings is 1. The number of hydrogen-bond donors (Lipinski definition) is 1. The summed E-state index contributed by atoms with van der Waals surface area (Å²) < 4.78 is 22.5. The van der Waals surface area contributed by atoms with E-state index >= 15 is 0 Å². The fraction of sp³-hybridized carbons (Fsp3) is 0.636. The topological polar surface area (TPSA) is 76.1 Å². The Morgan fingerprint density at radius 3 is 2.94 bits per heavy atom. The number of nitrogens with zero attached hydrogens (tertiary/aromatic N) is 1. The van der Waals surface area contributed by atoms with Gasteiger partial charge in [0.2, 0.25) is 5.91 Å². The van der Waals surface area contributed by atoms with Crippen LogP contribution in [0.25, 0.3) is 0 Å². The minimum atomic E-state index is -3.00. The Kier molecular flexibility index (Phi) is 4.01. The molecular weight excluding hydrogens is 272 g/mol. The molecule has 1 fully saturated rings. The molecule has 2 rings (SSSR count). The van der Waals surface area contributed by atoms with Crippen molar-refractivity contribution < 1.29 is 13.2 Å². The van der Waals surface area contributed by atoms with E-state index in [1.54, 1.807) is 0 Å². The van der Waals surface area contributed by atoms with Gasteiger partial charge in [0.25, 0.3) is 0 Å². The lowest BCUT2D eigenvalue weighted by molar-refractivity contribution is -0.124. The van der Waals surface area contributed by atoms with E-state index in [1.807, 2.05) is 12.3 Å². The Bertz CT molecular complexity index is 536. The molecule has 1 aromatic heterocycles. The van der Waals surface area contributed by atoms with Gasteiger partial charge in [-0.1, -0.05) is 6.92 Å². The van der Waals surface area contributed by atoms with Crippen molar-refractivity contribution in [3.8, 4) is 0 Å². The molecule has 1 saturated heterocycles. The summed E-state index contributed by atoms with van der Waals surface area (Å²) in [6.07, 6.45) is 1.32. The van der Waals surface area contributed by atoms with Crippen LogP contribution in [-0.4, -0.2) is 30.8 Å². The van der Waals surface area contributed by atoms with Gasteiger partial charge < -0.3 is 5.32 Å². The summed E-state index contributed by atoms with van der Waals surface area (Å²) in [4.78, 5) is 16.1. The Morgan fingerprint density at radius 1 is 1.61 bits per heavy atom. The van der Waals surface area contributed by atoms with Crippen LogP contribution in [0.5, 0.6) is 0 Å². The van der Waals surface area contributed by atoms with Crippen molar-refractivity contribution in [2.24, 2.45) is 5.92 Å². The van der Waals surface area contributed by atoms with Gasteiger partial charge >= 0.3 is 0 Å². The highest BCUT2D eigenvalue weighted by Gasteiger charge is 2.32. The molecule has 0 saturated carbocycles. The maximum absolute atomic E-state index is 11.8. The second kappa shape index (κ2) is 5.36. The number of hydrogen-bond acceptors (Lipinski definition) is 5. The molecule has 0 bridgehead atoms. The van der Waals surface area contributed by atoms with Crippen molar-refractivity contribution in [2.45, 2.75) is 26.3 Å². The number of amides is 1. The van der Waals surface area contributed by atoms with Crippen LogP contribution in [0, 0.1) is 5.92 Å². The van der Waals surface area contributed by atoms with Gasteiger partial charge in [-0.15, -0.1) is 11.3 Å². The third kappa shape index (κ3) is 3.29. The number of nitrogens with one attached hydrogen (secondary N) is 1. The van der Waals surface area contributed by atoms with E-state index in [0.717, 1.165) is 17.1 Å². The molecule has 0 aromatic carbocycles. The monoisotopic (exact) mass is 288 g/mol. The first-order valence-electron chi connectivity index (χ1n) is 5.91. The molecule has 1 atom stereocenters. The van der Waals surface area contributed by atoms with E-state index in [1.165, 1.54) is 11.3 Å². The molecule has 1 N–H and O–H groups in total. The van der Waals surface area contributed by atoms with E-state index in [9.17, 15) is 13.2 Å². The third-order valence-corrected chi connectivity index (χ3v) is 5.64. The Balaban J connectivity index is 1.85. The summed E-state index contributed by atoms with van der Waals surface area (Å²) >= 11 is 1.51. The molecule has 100 valence electrons. The molecule has 2 heterocycles. The van der Waals surface area contributed by atoms with E-state index in [0.29, 0.717) is 13.0 Å². The summed E-state index contributed by atoms with van der Waals surface area (Å²) in [5.74, 6) is -0.455. The fourth-order valence-electron chi connectivity index (χ4n) is 1.90. The van der Waals surface area contributed by atoms with Crippen molar-refractivity contribution in [1.82, 2.24) is 10.3 Å². The smallest absolute Gasteiger partial charge is 0.224 e. The largest absolute Gasteiger partial charge is 0.349 e. The standard InChI is InChI=1S/C11H16N2O3S2/c1-2-9-6-17-10(13-9)5-12-11(14)8-3-4-18(15,16)7-8/h6,8H,2-5,7H2,1H3,(H,12,14)/t8-/m1/s1. The van der Waals surface area contributed by atoms with E-state index < -0.39 is 9.84 Å². The van der Waals surface area contributed by atoms with E-state index in [4.69, 9.17) is 0 Å². The Hall–Kier alpha value is -0.950. The van der Waals surface area contributed by atoms with Crippen LogP contribution in [0.4, 0.5) is 0 Å². The second-order valence-corrected chi connectivity index (χ2v) is 7.58. The quantitative estimate of drug-likeness (QED) is 0.887. The maximum atomic E-state index is 11.8. The SMILES string of the molecule is CCc1csc(CNC(=O)[C@@H]2CCS(=O)(=O)C2)n1. The first kappa shape index (κ1) is 13.5. The molecule has 0 radical (unpaired) electrons. The van der Waals surface area contributed by atoms with Gasteiger partial charge in [0.15, 0.2) is 9.84 Å². The second-order valence-electron chi connectivity index (χ2n) is 4.40. The van der Waals surface area contributed by atoms with Crippen molar-refractivity contribution in [3.63, 3.8) is 0 Å². The van der Waals surface area contributed by atoms with Gasteiger partial charge in [0.05, 0.1) is 29.7 Å². The molecule has 1 amide bonds. The summed E-state index contributed by atoms with van der Waals surface area (Å²) in [7, 11) is -3.00. The predicted octanol–water partition coefficient (Wildman–Crippen LogP) is 0.756. The number of sulfone groups is 1. The van der Waals surface area contributed by atoms with Crippen LogP contribution in [0.2, 0.25) is 0 Å². The number of aryl methyl sites for hydroxylation is 1. The van der Waals surface area contributed by atoms with Crippen LogP contribution in [0.15, 0.2) is 5.38 Å². The molecule has 1 aliphatic rings. The van der Waals surface area contributed by atoms with E-state index in [2.05, 4.69) is 10.3 Å². The lowest BCUT2D eigenvalue weighted by Crippen LogP contribution is -2.30.